The molecule has 2 aliphatic heterocycles. The predicted octanol–water partition coefficient (Wildman–Crippen LogP) is 2.80. The quantitative estimate of drug-likeness (QED) is 0.593. The van der Waals surface area contributed by atoms with Gasteiger partial charge in [-0.2, -0.15) is 10.0 Å². The van der Waals surface area contributed by atoms with E-state index in [1.54, 1.807) is 0 Å². The Morgan fingerprint density at radius 1 is 1.00 bits per heavy atom. The fraction of sp³-hybridized carbons (Fsp3) is 0.333. The van der Waals surface area contributed by atoms with Crippen molar-refractivity contribution in [2.45, 2.75) is 24.7 Å². The van der Waals surface area contributed by atoms with Gasteiger partial charge in [0.05, 0.1) is 18.3 Å². The van der Waals surface area contributed by atoms with Crippen LogP contribution in [0.4, 0.5) is 0 Å². The molecular formula is C18H19AlClO4P. The maximum atomic E-state index is 14.2. The minimum atomic E-state index is -2.85. The van der Waals surface area contributed by atoms with Gasteiger partial charge in [-0.1, -0.05) is 60.7 Å². The molecule has 4 rings (SSSR count). The number of hydrogen-bond donors (Lipinski definition) is 0. The zero-order chi connectivity index (χ0) is 17.3. The van der Waals surface area contributed by atoms with Crippen LogP contribution in [0.2, 0.25) is 0 Å². The van der Waals surface area contributed by atoms with E-state index in [1.807, 2.05) is 60.7 Å². The molecule has 0 N–H and O–H groups in total. The second-order valence-electron chi connectivity index (χ2n) is 6.34. The highest BCUT2D eigenvalue weighted by Crippen LogP contribution is 2.46. The molecule has 0 unspecified atom stereocenters. The molecule has 0 bridgehead atoms. The van der Waals surface area contributed by atoms with E-state index >= 15 is 0 Å². The van der Waals surface area contributed by atoms with Crippen molar-refractivity contribution in [3.05, 3.63) is 60.7 Å². The lowest BCUT2D eigenvalue weighted by Crippen LogP contribution is -2.45. The van der Waals surface area contributed by atoms with Crippen LogP contribution in [-0.2, 0) is 16.9 Å². The third kappa shape index (κ3) is 3.61. The van der Waals surface area contributed by atoms with Crippen molar-refractivity contribution in [3.63, 3.8) is 0 Å². The van der Waals surface area contributed by atoms with Gasteiger partial charge in [0.2, 0.25) is 0 Å². The minimum absolute atomic E-state index is 0.0343. The second kappa shape index (κ2) is 7.55. The summed E-state index contributed by atoms with van der Waals surface area (Å²) < 4.78 is 31.7. The minimum Gasteiger partial charge on any atom is -0.461 e. The van der Waals surface area contributed by atoms with Gasteiger partial charge in [-0.05, 0) is 6.42 Å². The van der Waals surface area contributed by atoms with Gasteiger partial charge < -0.3 is 16.9 Å². The first-order valence-corrected chi connectivity index (χ1v) is 13.0. The average molecular weight is 393 g/mol. The first kappa shape index (κ1) is 17.8. The molecule has 2 saturated heterocycles. The van der Waals surface area contributed by atoms with Crippen LogP contribution in [0.25, 0.3) is 0 Å². The molecule has 0 radical (unpaired) electrons. The molecule has 2 aromatic carbocycles. The van der Waals surface area contributed by atoms with E-state index in [2.05, 4.69) is 0 Å². The Labute approximate surface area is 156 Å². The number of rotatable bonds is 4. The summed E-state index contributed by atoms with van der Waals surface area (Å²) in [4.78, 5) is 0. The largest absolute Gasteiger partial charge is 0.813 e. The van der Waals surface area contributed by atoms with E-state index in [-0.39, 0.29) is 18.3 Å². The lowest BCUT2D eigenvalue weighted by molar-refractivity contribution is -0.0710. The van der Waals surface area contributed by atoms with Crippen LogP contribution >= 0.6 is 17.2 Å². The number of fused-ring (bicyclic) bond motifs is 1. The van der Waals surface area contributed by atoms with E-state index in [0.29, 0.717) is 12.8 Å². The van der Waals surface area contributed by atoms with Gasteiger partial charge in [-0.3, -0.25) is 0 Å². The fourth-order valence-electron chi connectivity index (χ4n) is 3.56. The molecule has 4 nitrogen and oxygen atoms in total. The lowest BCUT2D eigenvalue weighted by Gasteiger charge is -2.35. The normalized spacial score (nSPS) is 26.4. The topological polar surface area (TPSA) is 44.8 Å². The van der Waals surface area contributed by atoms with E-state index in [4.69, 9.17) is 22.4 Å². The molecule has 2 heterocycles. The van der Waals surface area contributed by atoms with Crippen molar-refractivity contribution in [1.82, 2.24) is 0 Å². The number of ether oxygens (including phenoxy) is 1. The van der Waals surface area contributed by atoms with Gasteiger partial charge >= 0.3 is 13.9 Å². The van der Waals surface area contributed by atoms with Gasteiger partial charge in [0.15, 0.2) is 0 Å². The molecule has 0 spiro atoms. The molecule has 130 valence electrons. The Balaban J connectivity index is 1.69. The Kier molecular flexibility index (Phi) is 5.36. The number of benzene rings is 2. The molecule has 2 fully saturated rings. The highest BCUT2D eigenvalue weighted by atomic mass is 35.6. The van der Waals surface area contributed by atoms with Crippen LogP contribution in [0.5, 0.6) is 0 Å². The maximum Gasteiger partial charge on any atom is 0.813 e. The number of halogens is 1. The third-order valence-electron chi connectivity index (χ3n) is 4.80. The second-order valence-corrected chi connectivity index (χ2v) is 11.4. The Morgan fingerprint density at radius 3 is 2.20 bits per heavy atom. The maximum absolute atomic E-state index is 14.2. The summed E-state index contributed by atoms with van der Waals surface area (Å²) in [6, 6.07) is 19.3. The number of hydrogen-bond acceptors (Lipinski definition) is 4. The van der Waals surface area contributed by atoms with Gasteiger partial charge in [-0.15, -0.1) is 0 Å². The van der Waals surface area contributed by atoms with E-state index in [9.17, 15) is 4.57 Å². The molecule has 3 atom stereocenters. The Morgan fingerprint density at radius 2 is 1.60 bits per heavy atom. The molecule has 0 saturated carbocycles. The van der Waals surface area contributed by atoms with Crippen LogP contribution in [0.1, 0.15) is 6.42 Å². The van der Waals surface area contributed by atoms with Gasteiger partial charge in [0.1, 0.15) is 7.14 Å². The molecule has 25 heavy (non-hydrogen) atoms. The van der Waals surface area contributed by atoms with Crippen molar-refractivity contribution >= 4 is 41.7 Å². The predicted molar refractivity (Wildman–Crippen MR) is 100 cm³/mol. The Bertz CT molecular complexity index is 717. The first-order valence-electron chi connectivity index (χ1n) is 8.44. The standard InChI is InChI=1S/C18H19O4P.Al.ClH/c19-16-11-12-22-17(18(16)20)13-23(21,14-7-3-1-4-8-14)15-9-5-2-6-10-15;;/h1-10,16-18H,11-13H2;;1H/q-2;+3;/p-1/t16-,17-,18+;;/m1../s1. The fourth-order valence-corrected chi connectivity index (χ4v) is 8.38. The molecule has 0 amide bonds. The van der Waals surface area contributed by atoms with Crippen LogP contribution in [0.15, 0.2) is 60.7 Å². The van der Waals surface area contributed by atoms with Crippen molar-refractivity contribution in [2.24, 2.45) is 0 Å². The van der Waals surface area contributed by atoms with E-state index < -0.39 is 21.0 Å². The van der Waals surface area contributed by atoms with Crippen LogP contribution in [0.3, 0.4) is 0 Å². The van der Waals surface area contributed by atoms with E-state index in [1.165, 1.54) is 0 Å². The Hall–Kier alpha value is -0.628. The van der Waals surface area contributed by atoms with Crippen molar-refractivity contribution < 1.29 is 16.9 Å². The summed E-state index contributed by atoms with van der Waals surface area (Å²) in [5.74, 6) is 0. The molecule has 2 aliphatic rings. The molecule has 7 heteroatoms. The first-order chi connectivity index (χ1) is 12.2. The summed E-state index contributed by atoms with van der Waals surface area (Å²) >= 11 is -2.11. The molecule has 0 aromatic heterocycles. The van der Waals surface area contributed by atoms with Gasteiger partial charge in [-0.25, -0.2) is 0 Å². The molecular weight excluding hydrogens is 374 g/mol. The van der Waals surface area contributed by atoms with E-state index in [0.717, 1.165) is 17.0 Å². The highest BCUT2D eigenvalue weighted by Gasteiger charge is 2.50. The monoisotopic (exact) mass is 392 g/mol. The van der Waals surface area contributed by atoms with Gasteiger partial charge in [0, 0.05) is 23.4 Å². The van der Waals surface area contributed by atoms with Crippen molar-refractivity contribution in [3.8, 4) is 0 Å². The highest BCUT2D eigenvalue weighted by molar-refractivity contribution is 7.78. The molecule has 2 aromatic rings. The van der Waals surface area contributed by atoms with Crippen molar-refractivity contribution in [2.75, 3.05) is 12.8 Å². The molecule has 0 aliphatic carbocycles. The summed E-state index contributed by atoms with van der Waals surface area (Å²) in [5, 5.41) is 1.68. The SMILES string of the molecule is O=P(C[C@H]1OCC[C@H]2[O][Al]([Cl])[O][C@H]12)(c1ccccc1)c1ccccc1. The summed E-state index contributed by atoms with van der Waals surface area (Å²) in [6.45, 7) is 0.580. The lowest BCUT2D eigenvalue weighted by atomic mass is 10.0. The smallest absolute Gasteiger partial charge is 0.461 e. The average Bonchev–Trinajstić information content (AvgIpc) is 3.04. The summed E-state index contributed by atoms with van der Waals surface area (Å²) in [5.41, 5.74) is 0. The summed E-state index contributed by atoms with van der Waals surface area (Å²) in [7, 11) is 3.28. The van der Waals surface area contributed by atoms with Crippen LogP contribution in [-0.4, -0.2) is 45.0 Å². The zero-order valence-corrected chi connectivity index (χ0v) is 16.5. The summed E-state index contributed by atoms with van der Waals surface area (Å²) in [6.07, 6.45) is 0.639. The van der Waals surface area contributed by atoms with Crippen LogP contribution in [0, 0.1) is 0 Å². The van der Waals surface area contributed by atoms with Gasteiger partial charge in [0.25, 0.3) is 0 Å². The zero-order valence-electron chi connectivity index (χ0n) is 13.7. The third-order valence-corrected chi connectivity index (χ3v) is 9.64. The van der Waals surface area contributed by atoms with Crippen LogP contribution < -0.4 is 10.6 Å². The van der Waals surface area contributed by atoms with Crippen molar-refractivity contribution in [1.29, 1.82) is 0 Å².